The van der Waals surface area contributed by atoms with Crippen molar-refractivity contribution in [2.45, 2.75) is 84.2 Å². The summed E-state index contributed by atoms with van der Waals surface area (Å²) in [5, 5.41) is 13.1. The maximum absolute atomic E-state index is 9.78. The van der Waals surface area contributed by atoms with E-state index >= 15 is 0 Å². The van der Waals surface area contributed by atoms with E-state index in [-0.39, 0.29) is 0 Å². The first-order valence-electron chi connectivity index (χ1n) is 7.55. The summed E-state index contributed by atoms with van der Waals surface area (Å²) in [5.74, 6) is 0. The Kier molecular flexibility index (Phi) is 11.0. The lowest BCUT2D eigenvalue weighted by Crippen LogP contribution is -2.37. The summed E-state index contributed by atoms with van der Waals surface area (Å²) in [7, 11) is 0. The van der Waals surface area contributed by atoms with Crippen molar-refractivity contribution in [2.75, 3.05) is 13.1 Å². The van der Waals surface area contributed by atoms with Crippen LogP contribution < -0.4 is 5.32 Å². The van der Waals surface area contributed by atoms with Gasteiger partial charge in [-0.2, -0.15) is 0 Å². The van der Waals surface area contributed by atoms with Crippen LogP contribution in [0.2, 0.25) is 0 Å². The lowest BCUT2D eigenvalue weighted by Gasteiger charge is -2.21. The Labute approximate surface area is 108 Å². The minimum atomic E-state index is -0.528. The van der Waals surface area contributed by atoms with Gasteiger partial charge in [-0.15, -0.1) is 0 Å². The van der Waals surface area contributed by atoms with Crippen molar-refractivity contribution < 1.29 is 5.11 Å². The molecule has 2 nitrogen and oxygen atoms in total. The highest BCUT2D eigenvalue weighted by molar-refractivity contribution is 4.72. The first-order valence-corrected chi connectivity index (χ1v) is 7.55. The molecule has 0 aromatic rings. The summed E-state index contributed by atoms with van der Waals surface area (Å²) in [6.07, 6.45) is 11.7. The van der Waals surface area contributed by atoms with Crippen LogP contribution in [-0.4, -0.2) is 23.8 Å². The molecule has 1 unspecified atom stereocenters. The van der Waals surface area contributed by atoms with Gasteiger partial charge in [0, 0.05) is 6.54 Å². The number of hydrogen-bond acceptors (Lipinski definition) is 2. The van der Waals surface area contributed by atoms with Gasteiger partial charge in [-0.3, -0.25) is 0 Å². The van der Waals surface area contributed by atoms with Gasteiger partial charge in [0.2, 0.25) is 0 Å². The molecule has 0 radical (unpaired) electrons. The number of hydrogen-bond donors (Lipinski definition) is 2. The van der Waals surface area contributed by atoms with Crippen molar-refractivity contribution in [2.24, 2.45) is 0 Å². The Bertz CT molecular complexity index is 157. The van der Waals surface area contributed by atoms with Crippen LogP contribution in [0, 0.1) is 0 Å². The van der Waals surface area contributed by atoms with E-state index in [1.165, 1.54) is 51.4 Å². The summed E-state index contributed by atoms with van der Waals surface area (Å²) < 4.78 is 0. The number of nitrogens with one attached hydrogen (secondary N) is 1. The minimum absolute atomic E-state index is 0.528. The molecule has 0 saturated carbocycles. The molecule has 0 heterocycles. The van der Waals surface area contributed by atoms with E-state index < -0.39 is 5.60 Å². The number of unbranched alkanes of at least 4 members (excludes halogenated alkanes) is 7. The third kappa shape index (κ3) is 12.2. The zero-order valence-corrected chi connectivity index (χ0v) is 12.2. The fourth-order valence-corrected chi connectivity index (χ4v) is 1.87. The molecule has 0 aromatic carbocycles. The van der Waals surface area contributed by atoms with Crippen molar-refractivity contribution in [3.8, 4) is 0 Å². The van der Waals surface area contributed by atoms with Crippen LogP contribution in [0.4, 0.5) is 0 Å². The lowest BCUT2D eigenvalue weighted by molar-refractivity contribution is 0.0559. The molecule has 0 aliphatic carbocycles. The van der Waals surface area contributed by atoms with E-state index in [9.17, 15) is 5.11 Å². The molecule has 0 bridgehead atoms. The van der Waals surface area contributed by atoms with Gasteiger partial charge in [0.15, 0.2) is 0 Å². The van der Waals surface area contributed by atoms with Gasteiger partial charge >= 0.3 is 0 Å². The second-order valence-corrected chi connectivity index (χ2v) is 5.50. The molecular formula is C15H33NO. The Hall–Kier alpha value is -0.0800. The van der Waals surface area contributed by atoms with Crippen molar-refractivity contribution in [3.63, 3.8) is 0 Å². The SMILES string of the molecule is CCCCCCCCCCNCC(C)(O)CC. The van der Waals surface area contributed by atoms with Gasteiger partial charge in [-0.1, -0.05) is 58.8 Å². The Morgan fingerprint density at radius 2 is 1.41 bits per heavy atom. The van der Waals surface area contributed by atoms with Gasteiger partial charge < -0.3 is 10.4 Å². The number of rotatable bonds is 12. The van der Waals surface area contributed by atoms with Gasteiger partial charge in [0.1, 0.15) is 0 Å². The summed E-state index contributed by atoms with van der Waals surface area (Å²) in [5.41, 5.74) is -0.528. The topological polar surface area (TPSA) is 32.3 Å². The molecule has 0 spiro atoms. The number of aliphatic hydroxyl groups is 1. The van der Waals surface area contributed by atoms with Crippen LogP contribution in [0.3, 0.4) is 0 Å². The molecule has 0 amide bonds. The van der Waals surface area contributed by atoms with Crippen LogP contribution in [-0.2, 0) is 0 Å². The van der Waals surface area contributed by atoms with Gasteiger partial charge in [-0.05, 0) is 26.3 Å². The molecule has 1 atom stereocenters. The molecule has 0 saturated heterocycles. The standard InChI is InChI=1S/C15H33NO/c1-4-6-7-8-9-10-11-12-13-16-14-15(3,17)5-2/h16-17H,4-14H2,1-3H3. The normalized spacial score (nSPS) is 14.8. The smallest absolute Gasteiger partial charge is 0.0740 e. The zero-order valence-electron chi connectivity index (χ0n) is 12.2. The highest BCUT2D eigenvalue weighted by Crippen LogP contribution is 2.08. The molecule has 2 heteroatoms. The predicted octanol–water partition coefficient (Wildman–Crippen LogP) is 3.88. The van der Waals surface area contributed by atoms with E-state index in [0.29, 0.717) is 0 Å². The molecule has 0 aliphatic rings. The minimum Gasteiger partial charge on any atom is -0.389 e. The highest BCUT2D eigenvalue weighted by Gasteiger charge is 2.15. The first kappa shape index (κ1) is 16.9. The molecule has 0 rings (SSSR count). The van der Waals surface area contributed by atoms with Crippen molar-refractivity contribution >= 4 is 0 Å². The summed E-state index contributed by atoms with van der Waals surface area (Å²) in [6, 6.07) is 0. The van der Waals surface area contributed by atoms with Gasteiger partial charge in [-0.25, -0.2) is 0 Å². The molecule has 0 aromatic heterocycles. The van der Waals surface area contributed by atoms with E-state index in [0.717, 1.165) is 19.5 Å². The summed E-state index contributed by atoms with van der Waals surface area (Å²) in [4.78, 5) is 0. The predicted molar refractivity (Wildman–Crippen MR) is 76.4 cm³/mol. The molecule has 0 fully saturated rings. The quantitative estimate of drug-likeness (QED) is 0.510. The summed E-state index contributed by atoms with van der Waals surface area (Å²) in [6.45, 7) is 7.95. The summed E-state index contributed by atoms with van der Waals surface area (Å²) >= 11 is 0. The molecule has 0 aliphatic heterocycles. The fraction of sp³-hybridized carbons (Fsp3) is 1.00. The van der Waals surface area contributed by atoms with Crippen LogP contribution >= 0.6 is 0 Å². The maximum atomic E-state index is 9.78. The fourth-order valence-electron chi connectivity index (χ4n) is 1.87. The largest absolute Gasteiger partial charge is 0.389 e. The average molecular weight is 243 g/mol. The van der Waals surface area contributed by atoms with E-state index in [2.05, 4.69) is 12.2 Å². The van der Waals surface area contributed by atoms with E-state index in [4.69, 9.17) is 0 Å². The third-order valence-corrected chi connectivity index (χ3v) is 3.47. The average Bonchev–Trinajstić information content (AvgIpc) is 2.31. The molecule has 2 N–H and O–H groups in total. The molecule has 17 heavy (non-hydrogen) atoms. The highest BCUT2D eigenvalue weighted by atomic mass is 16.3. The second-order valence-electron chi connectivity index (χ2n) is 5.50. The van der Waals surface area contributed by atoms with Crippen molar-refractivity contribution in [3.05, 3.63) is 0 Å². The second kappa shape index (κ2) is 11.0. The van der Waals surface area contributed by atoms with Crippen LogP contribution in [0.15, 0.2) is 0 Å². The first-order chi connectivity index (χ1) is 8.12. The van der Waals surface area contributed by atoms with Gasteiger partial charge in [0.05, 0.1) is 5.60 Å². The van der Waals surface area contributed by atoms with Crippen LogP contribution in [0.25, 0.3) is 0 Å². The zero-order chi connectivity index (χ0) is 13.0. The Balaban J connectivity index is 3.09. The Morgan fingerprint density at radius 1 is 0.882 bits per heavy atom. The van der Waals surface area contributed by atoms with Crippen molar-refractivity contribution in [1.29, 1.82) is 0 Å². The van der Waals surface area contributed by atoms with Crippen molar-refractivity contribution in [1.82, 2.24) is 5.32 Å². The van der Waals surface area contributed by atoms with Crippen LogP contribution in [0.1, 0.15) is 78.6 Å². The van der Waals surface area contributed by atoms with Crippen LogP contribution in [0.5, 0.6) is 0 Å². The molecule has 104 valence electrons. The third-order valence-electron chi connectivity index (χ3n) is 3.47. The maximum Gasteiger partial charge on any atom is 0.0740 e. The molecular weight excluding hydrogens is 210 g/mol. The van der Waals surface area contributed by atoms with Gasteiger partial charge in [0.25, 0.3) is 0 Å². The van der Waals surface area contributed by atoms with E-state index in [1.807, 2.05) is 13.8 Å². The Morgan fingerprint density at radius 3 is 1.94 bits per heavy atom. The monoisotopic (exact) mass is 243 g/mol. The lowest BCUT2D eigenvalue weighted by atomic mass is 10.0. The van der Waals surface area contributed by atoms with E-state index in [1.54, 1.807) is 0 Å².